The van der Waals surface area contributed by atoms with E-state index in [1.165, 1.54) is 0 Å². The van der Waals surface area contributed by atoms with Crippen molar-refractivity contribution >= 4 is 39.6 Å². The Morgan fingerprint density at radius 1 is 1.08 bits per heavy atom. The van der Waals surface area contributed by atoms with Gasteiger partial charge in [-0.25, -0.2) is 9.78 Å². The second kappa shape index (κ2) is 6.81. The van der Waals surface area contributed by atoms with Gasteiger partial charge in [-0.1, -0.05) is 48.5 Å². The number of fused-ring (bicyclic) bond motifs is 3. The minimum atomic E-state index is -0.421. The van der Waals surface area contributed by atoms with Gasteiger partial charge in [-0.15, -0.1) is 0 Å². The number of hydrogen-bond acceptors (Lipinski definition) is 3. The number of para-hydroxylation sites is 1. The van der Waals surface area contributed by atoms with Gasteiger partial charge in [-0.3, -0.25) is 4.09 Å². The molecular weight excluding hydrogens is 348 g/mol. The summed E-state index contributed by atoms with van der Waals surface area (Å²) in [6.45, 7) is 2.09. The van der Waals surface area contributed by atoms with Gasteiger partial charge in [0.15, 0.2) is 0 Å². The smallest absolute Gasteiger partial charge is 0.356 e. The highest BCUT2D eigenvalue weighted by molar-refractivity contribution is 6.27. The van der Waals surface area contributed by atoms with Crippen molar-refractivity contribution in [2.45, 2.75) is 13.3 Å². The van der Waals surface area contributed by atoms with E-state index >= 15 is 0 Å². The van der Waals surface area contributed by atoms with Gasteiger partial charge in [0, 0.05) is 29.0 Å². The molecule has 0 aliphatic heterocycles. The fourth-order valence-corrected chi connectivity index (χ4v) is 3.57. The van der Waals surface area contributed by atoms with Gasteiger partial charge in [-0.2, -0.15) is 0 Å². The van der Waals surface area contributed by atoms with Crippen LogP contribution in [0.2, 0.25) is 0 Å². The molecule has 0 spiro atoms. The van der Waals surface area contributed by atoms with Gasteiger partial charge in [0.1, 0.15) is 5.69 Å². The van der Waals surface area contributed by atoms with Crippen LogP contribution < -0.4 is 0 Å². The Bertz CT molecular complexity index is 1100. The monoisotopic (exact) mass is 364 g/mol. The number of pyridine rings is 1. The van der Waals surface area contributed by atoms with Crippen molar-refractivity contribution in [3.63, 3.8) is 0 Å². The largest absolute Gasteiger partial charge is 0.461 e. The molecule has 2 aromatic carbocycles. The third-order valence-electron chi connectivity index (χ3n) is 4.37. The minimum Gasteiger partial charge on any atom is -0.461 e. The zero-order valence-corrected chi connectivity index (χ0v) is 15.0. The number of carbonyl (C=O) groups excluding carboxylic acids is 1. The first-order chi connectivity index (χ1) is 12.7. The fraction of sp³-hybridized carbons (Fsp3) is 0.143. The molecule has 0 bridgehead atoms. The Morgan fingerprint density at radius 3 is 2.58 bits per heavy atom. The molecule has 4 rings (SSSR count). The van der Waals surface area contributed by atoms with Gasteiger partial charge in [0.2, 0.25) is 0 Å². The first kappa shape index (κ1) is 16.6. The topological polar surface area (TPSA) is 44.1 Å². The van der Waals surface area contributed by atoms with Crippen LogP contribution in [0.1, 0.15) is 28.7 Å². The van der Waals surface area contributed by atoms with Crippen molar-refractivity contribution in [1.82, 2.24) is 9.07 Å². The second-order valence-corrected chi connectivity index (χ2v) is 6.37. The molecule has 0 saturated carbocycles. The predicted octanol–water partition coefficient (Wildman–Crippen LogP) is 4.96. The number of rotatable bonds is 4. The number of hydrogen-bond donors (Lipinski definition) is 0. The SMILES string of the molecule is CCOC(=O)c1cc2c3ccccc3n(Cl)c2c(Cc2ccccc2)n1. The van der Waals surface area contributed by atoms with E-state index in [0.717, 1.165) is 33.1 Å². The molecule has 0 atom stereocenters. The summed E-state index contributed by atoms with van der Waals surface area (Å²) in [6, 6.07) is 19.6. The van der Waals surface area contributed by atoms with Crippen LogP contribution >= 0.6 is 11.8 Å². The third kappa shape index (κ3) is 2.82. The van der Waals surface area contributed by atoms with E-state index in [1.54, 1.807) is 17.1 Å². The van der Waals surface area contributed by atoms with Crippen molar-refractivity contribution in [3.8, 4) is 0 Å². The Morgan fingerprint density at radius 2 is 1.81 bits per heavy atom. The first-order valence-electron chi connectivity index (χ1n) is 8.49. The van der Waals surface area contributed by atoms with Crippen LogP contribution in [0, 0.1) is 0 Å². The summed E-state index contributed by atoms with van der Waals surface area (Å²) in [7, 11) is 0. The Labute approximate surface area is 156 Å². The van der Waals surface area contributed by atoms with Crippen LogP contribution in [0.5, 0.6) is 0 Å². The Kier molecular flexibility index (Phi) is 4.35. The molecule has 0 N–H and O–H groups in total. The molecule has 130 valence electrons. The highest BCUT2D eigenvalue weighted by atomic mass is 35.5. The average Bonchev–Trinajstić information content (AvgIpc) is 2.96. The lowest BCUT2D eigenvalue weighted by atomic mass is 10.1. The molecule has 26 heavy (non-hydrogen) atoms. The molecule has 5 heteroatoms. The summed E-state index contributed by atoms with van der Waals surface area (Å²) in [5.74, 6) is -0.421. The zero-order chi connectivity index (χ0) is 18.1. The molecule has 0 radical (unpaired) electrons. The summed E-state index contributed by atoms with van der Waals surface area (Å²) in [5, 5.41) is 1.89. The number of nitrogens with zero attached hydrogens (tertiary/aromatic N) is 2. The van der Waals surface area contributed by atoms with Crippen molar-refractivity contribution in [2.75, 3.05) is 6.61 Å². The van der Waals surface area contributed by atoms with E-state index in [9.17, 15) is 4.79 Å². The number of benzene rings is 2. The van der Waals surface area contributed by atoms with Gasteiger partial charge in [0.25, 0.3) is 0 Å². The summed E-state index contributed by atoms with van der Waals surface area (Å²) < 4.78 is 6.79. The van der Waals surface area contributed by atoms with Gasteiger partial charge in [0.05, 0.1) is 23.3 Å². The van der Waals surface area contributed by atoms with E-state index in [0.29, 0.717) is 18.7 Å². The normalized spacial score (nSPS) is 11.2. The Hall–Kier alpha value is -2.85. The van der Waals surface area contributed by atoms with E-state index < -0.39 is 5.97 Å². The molecule has 4 nitrogen and oxygen atoms in total. The maximum Gasteiger partial charge on any atom is 0.356 e. The van der Waals surface area contributed by atoms with Crippen LogP contribution in [0.25, 0.3) is 21.8 Å². The van der Waals surface area contributed by atoms with Crippen LogP contribution in [0.3, 0.4) is 0 Å². The molecular formula is C21H17ClN2O2. The average molecular weight is 365 g/mol. The summed E-state index contributed by atoms with van der Waals surface area (Å²) in [4.78, 5) is 16.9. The summed E-state index contributed by atoms with van der Waals surface area (Å²) >= 11 is 6.61. The molecule has 2 aromatic heterocycles. The predicted molar refractivity (Wildman–Crippen MR) is 104 cm³/mol. The van der Waals surface area contributed by atoms with E-state index in [-0.39, 0.29) is 0 Å². The number of halogens is 1. The van der Waals surface area contributed by atoms with Crippen molar-refractivity contribution in [3.05, 3.63) is 77.6 Å². The lowest BCUT2D eigenvalue weighted by Gasteiger charge is -2.08. The number of carbonyl (C=O) groups is 1. The molecule has 4 aromatic rings. The quantitative estimate of drug-likeness (QED) is 0.481. The molecule has 0 aliphatic rings. The van der Waals surface area contributed by atoms with Gasteiger partial charge >= 0.3 is 5.97 Å². The zero-order valence-electron chi connectivity index (χ0n) is 14.3. The van der Waals surface area contributed by atoms with Crippen LogP contribution in [-0.2, 0) is 11.2 Å². The van der Waals surface area contributed by atoms with E-state index in [1.807, 2.05) is 54.6 Å². The van der Waals surface area contributed by atoms with Crippen molar-refractivity contribution in [1.29, 1.82) is 0 Å². The van der Waals surface area contributed by atoms with E-state index in [4.69, 9.17) is 16.5 Å². The standard InChI is InChI=1S/C21H17ClN2O2/c1-2-26-21(25)18-13-16-15-10-6-7-11-19(15)24(22)20(16)17(23-18)12-14-8-4-3-5-9-14/h3-11,13H,2,12H2,1H3. The van der Waals surface area contributed by atoms with Crippen LogP contribution in [-0.4, -0.2) is 21.6 Å². The molecule has 0 aliphatic carbocycles. The fourth-order valence-electron chi connectivity index (χ4n) is 3.23. The lowest BCUT2D eigenvalue weighted by Crippen LogP contribution is -2.09. The van der Waals surface area contributed by atoms with Crippen LogP contribution in [0.15, 0.2) is 60.7 Å². The minimum absolute atomic E-state index is 0.304. The highest BCUT2D eigenvalue weighted by Crippen LogP contribution is 2.33. The number of esters is 1. The van der Waals surface area contributed by atoms with Crippen LogP contribution in [0.4, 0.5) is 0 Å². The molecule has 0 fully saturated rings. The number of aromatic nitrogens is 2. The first-order valence-corrected chi connectivity index (χ1v) is 8.83. The molecule has 0 unspecified atom stereocenters. The van der Waals surface area contributed by atoms with Crippen molar-refractivity contribution < 1.29 is 9.53 Å². The molecule has 0 saturated heterocycles. The maximum absolute atomic E-state index is 12.3. The second-order valence-electron chi connectivity index (χ2n) is 6.03. The summed E-state index contributed by atoms with van der Waals surface area (Å²) in [6.07, 6.45) is 0.577. The Balaban J connectivity index is 1.99. The summed E-state index contributed by atoms with van der Waals surface area (Å²) in [5.41, 5.74) is 3.87. The molecule has 2 heterocycles. The lowest BCUT2D eigenvalue weighted by molar-refractivity contribution is 0.0519. The van der Waals surface area contributed by atoms with Gasteiger partial charge < -0.3 is 4.74 Å². The highest BCUT2D eigenvalue weighted by Gasteiger charge is 2.19. The van der Waals surface area contributed by atoms with Gasteiger partial charge in [-0.05, 0) is 24.6 Å². The number of ether oxygens (including phenoxy) is 1. The van der Waals surface area contributed by atoms with E-state index in [2.05, 4.69) is 4.98 Å². The maximum atomic E-state index is 12.3. The third-order valence-corrected chi connectivity index (χ3v) is 4.72. The van der Waals surface area contributed by atoms with Crippen molar-refractivity contribution in [2.24, 2.45) is 0 Å². The molecule has 0 amide bonds.